The summed E-state index contributed by atoms with van der Waals surface area (Å²) in [5, 5.41) is 12.4. The van der Waals surface area contributed by atoms with Crippen molar-refractivity contribution in [3.05, 3.63) is 11.9 Å². The summed E-state index contributed by atoms with van der Waals surface area (Å²) in [5.74, 6) is 1.88. The minimum Gasteiger partial charge on any atom is -0.395 e. The first-order chi connectivity index (χ1) is 8.81. The fourth-order valence-corrected chi connectivity index (χ4v) is 2.46. The maximum atomic E-state index is 9.26. The Morgan fingerprint density at radius 3 is 2.72 bits per heavy atom. The highest BCUT2D eigenvalue weighted by Gasteiger charge is 2.27. The number of aromatic nitrogens is 2. The fraction of sp³-hybridized carbons (Fsp3) is 0.692. The molecule has 0 amide bonds. The van der Waals surface area contributed by atoms with Crippen molar-refractivity contribution in [1.82, 2.24) is 9.97 Å². The van der Waals surface area contributed by atoms with E-state index < -0.39 is 0 Å². The molecule has 18 heavy (non-hydrogen) atoms. The molecule has 1 aliphatic rings. The zero-order chi connectivity index (χ0) is 13.0. The van der Waals surface area contributed by atoms with E-state index in [0.717, 1.165) is 23.6 Å². The van der Waals surface area contributed by atoms with E-state index in [0.29, 0.717) is 12.6 Å². The smallest absolute Gasteiger partial charge is 0.137 e. The molecule has 0 unspecified atom stereocenters. The maximum Gasteiger partial charge on any atom is 0.137 e. The topological polar surface area (TPSA) is 61.3 Å². The molecule has 1 fully saturated rings. The molecule has 5 nitrogen and oxygen atoms in total. The summed E-state index contributed by atoms with van der Waals surface area (Å²) in [6.07, 6.45) is 6.16. The molecular weight excluding hydrogens is 228 g/mol. The average Bonchev–Trinajstić information content (AvgIpc) is 2.35. The number of nitrogens with one attached hydrogen (secondary N) is 1. The van der Waals surface area contributed by atoms with Crippen LogP contribution in [0.5, 0.6) is 0 Å². The molecule has 1 aromatic rings. The van der Waals surface area contributed by atoms with E-state index in [1.54, 1.807) is 6.33 Å². The van der Waals surface area contributed by atoms with Gasteiger partial charge >= 0.3 is 0 Å². The molecule has 0 bridgehead atoms. The van der Waals surface area contributed by atoms with Crippen molar-refractivity contribution < 1.29 is 5.11 Å². The van der Waals surface area contributed by atoms with Gasteiger partial charge in [0.15, 0.2) is 0 Å². The van der Waals surface area contributed by atoms with E-state index in [9.17, 15) is 5.11 Å². The molecule has 0 saturated heterocycles. The number of hydrogen-bond donors (Lipinski definition) is 2. The van der Waals surface area contributed by atoms with Crippen LogP contribution in [0, 0.1) is 0 Å². The quantitative estimate of drug-likeness (QED) is 0.800. The third-order valence-electron chi connectivity index (χ3n) is 3.64. The number of aliphatic hydroxyl groups is 1. The Balaban J connectivity index is 2.33. The third kappa shape index (κ3) is 2.41. The Bertz CT molecular complexity index is 393. The summed E-state index contributed by atoms with van der Waals surface area (Å²) < 4.78 is 0. The van der Waals surface area contributed by atoms with Gasteiger partial charge in [-0.2, -0.15) is 0 Å². The molecule has 2 rings (SSSR count). The lowest BCUT2D eigenvalue weighted by atomic mass is 9.91. The number of aliphatic hydroxyl groups excluding tert-OH is 1. The summed E-state index contributed by atoms with van der Waals surface area (Å²) in [4.78, 5) is 10.9. The minimum atomic E-state index is 0.165. The van der Waals surface area contributed by atoms with Crippen molar-refractivity contribution in [2.75, 3.05) is 30.4 Å². The average molecular weight is 250 g/mol. The predicted molar refractivity (Wildman–Crippen MR) is 73.0 cm³/mol. The van der Waals surface area contributed by atoms with Crippen molar-refractivity contribution in [2.24, 2.45) is 0 Å². The van der Waals surface area contributed by atoms with Crippen molar-refractivity contribution in [2.45, 2.75) is 38.6 Å². The third-order valence-corrected chi connectivity index (χ3v) is 3.64. The highest BCUT2D eigenvalue weighted by molar-refractivity contribution is 5.59. The Labute approximate surface area is 108 Å². The molecule has 1 saturated carbocycles. The van der Waals surface area contributed by atoms with E-state index in [2.05, 4.69) is 27.1 Å². The Morgan fingerprint density at radius 2 is 2.22 bits per heavy atom. The molecule has 1 aliphatic carbocycles. The van der Waals surface area contributed by atoms with Gasteiger partial charge in [0, 0.05) is 25.2 Å². The van der Waals surface area contributed by atoms with Gasteiger partial charge in [-0.3, -0.25) is 0 Å². The standard InChI is InChI=1S/C13H22N4O/c1-3-11-12(14-2)15-9-16-13(11)17(7-8-18)10-5-4-6-10/h9-10,18H,3-8H2,1-2H3,(H,14,15,16). The van der Waals surface area contributed by atoms with E-state index >= 15 is 0 Å². The lowest BCUT2D eigenvalue weighted by Gasteiger charge is -2.39. The van der Waals surface area contributed by atoms with E-state index in [1.165, 1.54) is 19.3 Å². The zero-order valence-corrected chi connectivity index (χ0v) is 11.2. The lowest BCUT2D eigenvalue weighted by Crippen LogP contribution is -2.43. The fourth-order valence-electron chi connectivity index (χ4n) is 2.46. The predicted octanol–water partition coefficient (Wildman–Crippen LogP) is 1.43. The number of hydrogen-bond acceptors (Lipinski definition) is 5. The van der Waals surface area contributed by atoms with Crippen molar-refractivity contribution in [1.29, 1.82) is 0 Å². The second-order valence-corrected chi connectivity index (χ2v) is 4.63. The first kappa shape index (κ1) is 13.1. The minimum absolute atomic E-state index is 0.165. The summed E-state index contributed by atoms with van der Waals surface area (Å²) >= 11 is 0. The van der Waals surface area contributed by atoms with Crippen LogP contribution in [-0.4, -0.2) is 41.3 Å². The van der Waals surface area contributed by atoms with Crippen molar-refractivity contribution in [3.63, 3.8) is 0 Å². The van der Waals surface area contributed by atoms with E-state index in [-0.39, 0.29) is 6.61 Å². The molecular formula is C13H22N4O. The second kappa shape index (κ2) is 6.00. The highest BCUT2D eigenvalue weighted by Crippen LogP contribution is 2.32. The molecule has 1 aromatic heterocycles. The van der Waals surface area contributed by atoms with Gasteiger partial charge in [-0.1, -0.05) is 6.92 Å². The Morgan fingerprint density at radius 1 is 1.44 bits per heavy atom. The summed E-state index contributed by atoms with van der Waals surface area (Å²) in [6, 6.07) is 0.530. The first-order valence-electron chi connectivity index (χ1n) is 6.71. The van der Waals surface area contributed by atoms with E-state index in [1.807, 2.05) is 7.05 Å². The number of rotatable bonds is 6. The van der Waals surface area contributed by atoms with Gasteiger partial charge in [-0.05, 0) is 25.7 Å². The van der Waals surface area contributed by atoms with Crippen molar-refractivity contribution >= 4 is 11.6 Å². The molecule has 0 aliphatic heterocycles. The van der Waals surface area contributed by atoms with Crippen LogP contribution in [0.25, 0.3) is 0 Å². The van der Waals surface area contributed by atoms with Gasteiger partial charge in [0.1, 0.15) is 18.0 Å². The first-order valence-corrected chi connectivity index (χ1v) is 6.71. The molecule has 100 valence electrons. The normalized spacial score (nSPS) is 15.3. The maximum absolute atomic E-state index is 9.26. The van der Waals surface area contributed by atoms with Crippen molar-refractivity contribution in [3.8, 4) is 0 Å². The van der Waals surface area contributed by atoms with E-state index in [4.69, 9.17) is 0 Å². The molecule has 2 N–H and O–H groups in total. The van der Waals surface area contributed by atoms with Crippen LogP contribution in [0.4, 0.5) is 11.6 Å². The van der Waals surface area contributed by atoms with Gasteiger partial charge in [0.05, 0.1) is 6.61 Å². The Hall–Kier alpha value is -1.36. The second-order valence-electron chi connectivity index (χ2n) is 4.63. The zero-order valence-electron chi connectivity index (χ0n) is 11.2. The Kier molecular flexibility index (Phi) is 4.36. The van der Waals surface area contributed by atoms with Gasteiger partial charge in [-0.25, -0.2) is 9.97 Å². The van der Waals surface area contributed by atoms with Crippen LogP contribution in [-0.2, 0) is 6.42 Å². The van der Waals surface area contributed by atoms with Crippen LogP contribution >= 0.6 is 0 Å². The van der Waals surface area contributed by atoms with Gasteiger partial charge in [-0.15, -0.1) is 0 Å². The van der Waals surface area contributed by atoms with Crippen LogP contribution in [0.1, 0.15) is 31.7 Å². The molecule has 1 heterocycles. The van der Waals surface area contributed by atoms with Crippen LogP contribution in [0.2, 0.25) is 0 Å². The molecule has 0 radical (unpaired) electrons. The molecule has 5 heteroatoms. The summed E-state index contributed by atoms with van der Waals surface area (Å²) in [7, 11) is 1.88. The molecule has 0 aromatic carbocycles. The van der Waals surface area contributed by atoms with Gasteiger partial charge in [0.2, 0.25) is 0 Å². The highest BCUT2D eigenvalue weighted by atomic mass is 16.3. The monoisotopic (exact) mass is 250 g/mol. The number of anilines is 2. The molecule has 0 atom stereocenters. The summed E-state index contributed by atoms with van der Waals surface area (Å²) in [5.41, 5.74) is 1.14. The largest absolute Gasteiger partial charge is 0.395 e. The van der Waals surface area contributed by atoms with Crippen LogP contribution < -0.4 is 10.2 Å². The van der Waals surface area contributed by atoms with Gasteiger partial charge < -0.3 is 15.3 Å². The van der Waals surface area contributed by atoms with Crippen LogP contribution in [0.3, 0.4) is 0 Å². The summed E-state index contributed by atoms with van der Waals surface area (Å²) in [6.45, 7) is 2.93. The molecule has 0 spiro atoms. The number of nitrogens with zero attached hydrogens (tertiary/aromatic N) is 3. The van der Waals surface area contributed by atoms with Gasteiger partial charge in [0.25, 0.3) is 0 Å². The van der Waals surface area contributed by atoms with Crippen LogP contribution in [0.15, 0.2) is 6.33 Å². The lowest BCUT2D eigenvalue weighted by molar-refractivity contribution is 0.282. The SMILES string of the molecule is CCc1c(NC)ncnc1N(CCO)C1CCC1.